The molecule has 0 saturated heterocycles. The van der Waals surface area contributed by atoms with E-state index in [2.05, 4.69) is 0 Å². The van der Waals surface area contributed by atoms with Crippen LogP contribution in [0.1, 0.15) is 11.1 Å². The van der Waals surface area contributed by atoms with E-state index in [-0.39, 0.29) is 10.6 Å². The first-order valence-corrected chi connectivity index (χ1v) is 7.70. The Balaban J connectivity index is 2.16. The predicted molar refractivity (Wildman–Crippen MR) is 81.5 cm³/mol. The summed E-state index contributed by atoms with van der Waals surface area (Å²) in [7, 11) is -3.89. The van der Waals surface area contributed by atoms with Crippen LogP contribution < -0.4 is 4.18 Å². The molecule has 0 N–H and O–H groups in total. The van der Waals surface area contributed by atoms with Gasteiger partial charge in [-0.25, -0.2) is 0 Å². The zero-order valence-corrected chi connectivity index (χ0v) is 12.5. The minimum Gasteiger partial charge on any atom is -0.379 e. The van der Waals surface area contributed by atoms with E-state index >= 15 is 0 Å². The second-order valence-corrected chi connectivity index (χ2v) is 6.07. The van der Waals surface area contributed by atoms with Gasteiger partial charge in [0.05, 0.1) is 4.92 Å². The number of benzene rings is 2. The number of nitrogens with zero attached hydrogens (tertiary/aromatic N) is 1. The maximum Gasteiger partial charge on any atom is 0.339 e. The highest BCUT2D eigenvalue weighted by Gasteiger charge is 2.16. The first kappa shape index (κ1) is 15.7. The molecule has 0 aliphatic heterocycles. The van der Waals surface area contributed by atoms with Crippen molar-refractivity contribution in [3.63, 3.8) is 0 Å². The van der Waals surface area contributed by atoms with Crippen LogP contribution in [0, 0.1) is 17.0 Å². The van der Waals surface area contributed by atoms with Crippen LogP contribution >= 0.6 is 0 Å². The number of rotatable bonds is 5. The predicted octanol–water partition coefficient (Wildman–Crippen LogP) is 3.01. The Bertz CT molecular complexity index is 793. The molecule has 2 aromatic carbocycles. The van der Waals surface area contributed by atoms with Crippen molar-refractivity contribution in [3.05, 3.63) is 76.0 Å². The van der Waals surface area contributed by atoms with Crippen LogP contribution in [0.3, 0.4) is 0 Å². The molecular weight excluding hydrogens is 306 g/mol. The summed E-state index contributed by atoms with van der Waals surface area (Å²) in [6, 6.07) is 12.2. The van der Waals surface area contributed by atoms with Gasteiger partial charge in [0.15, 0.2) is 0 Å². The Morgan fingerprint density at radius 1 is 1.05 bits per heavy atom. The van der Waals surface area contributed by atoms with Crippen molar-refractivity contribution in [2.75, 3.05) is 0 Å². The van der Waals surface area contributed by atoms with Gasteiger partial charge in [-0.3, -0.25) is 10.1 Å². The lowest BCUT2D eigenvalue weighted by Crippen LogP contribution is -2.09. The Labute approximate surface area is 127 Å². The van der Waals surface area contributed by atoms with Crippen LogP contribution in [0.25, 0.3) is 6.08 Å². The second-order valence-electron chi connectivity index (χ2n) is 4.52. The van der Waals surface area contributed by atoms with Crippen molar-refractivity contribution in [1.29, 1.82) is 0 Å². The van der Waals surface area contributed by atoms with Gasteiger partial charge < -0.3 is 4.18 Å². The summed E-state index contributed by atoms with van der Waals surface area (Å²) in [5.74, 6) is 0.138. The largest absolute Gasteiger partial charge is 0.379 e. The minimum atomic E-state index is -3.89. The molecule has 22 heavy (non-hydrogen) atoms. The summed E-state index contributed by atoms with van der Waals surface area (Å²) in [5, 5.41) is 10.2. The lowest BCUT2D eigenvalue weighted by molar-refractivity contribution is -0.400. The molecule has 0 spiro atoms. The molecule has 114 valence electrons. The van der Waals surface area contributed by atoms with E-state index in [0.29, 0.717) is 5.56 Å². The van der Waals surface area contributed by atoms with E-state index in [1.807, 2.05) is 6.92 Å². The second kappa shape index (κ2) is 6.40. The summed E-state index contributed by atoms with van der Waals surface area (Å²) >= 11 is 0. The minimum absolute atomic E-state index is 0.0652. The first-order chi connectivity index (χ1) is 10.4. The fourth-order valence-electron chi connectivity index (χ4n) is 1.66. The summed E-state index contributed by atoms with van der Waals surface area (Å²) < 4.78 is 29.2. The summed E-state index contributed by atoms with van der Waals surface area (Å²) in [5.41, 5.74) is 1.51. The van der Waals surface area contributed by atoms with Gasteiger partial charge in [0.1, 0.15) is 10.6 Å². The van der Waals surface area contributed by atoms with E-state index in [1.165, 1.54) is 42.5 Å². The first-order valence-electron chi connectivity index (χ1n) is 6.30. The SMILES string of the molecule is Cc1ccc(S(=O)(=O)Oc2ccc(/C=C/[N+](=O)[O-])cc2)cc1. The van der Waals surface area contributed by atoms with E-state index in [0.717, 1.165) is 11.8 Å². The van der Waals surface area contributed by atoms with Crippen molar-refractivity contribution < 1.29 is 17.5 Å². The average molecular weight is 319 g/mol. The molecule has 0 atom stereocenters. The third-order valence-electron chi connectivity index (χ3n) is 2.78. The Hall–Kier alpha value is -2.67. The molecule has 0 heterocycles. The zero-order valence-electron chi connectivity index (χ0n) is 11.7. The molecule has 0 amide bonds. The quantitative estimate of drug-likeness (QED) is 0.480. The van der Waals surface area contributed by atoms with Crippen LogP contribution in [0.2, 0.25) is 0 Å². The topological polar surface area (TPSA) is 86.5 Å². The molecule has 0 aliphatic rings. The smallest absolute Gasteiger partial charge is 0.339 e. The van der Waals surface area contributed by atoms with Gasteiger partial charge in [0.25, 0.3) is 0 Å². The summed E-state index contributed by atoms with van der Waals surface area (Å²) in [4.78, 5) is 9.71. The highest BCUT2D eigenvalue weighted by molar-refractivity contribution is 7.87. The van der Waals surface area contributed by atoms with Gasteiger partial charge in [0, 0.05) is 6.08 Å². The van der Waals surface area contributed by atoms with Crippen molar-refractivity contribution in [1.82, 2.24) is 0 Å². The molecule has 0 fully saturated rings. The Kier molecular flexibility index (Phi) is 4.57. The molecule has 0 radical (unpaired) electrons. The van der Waals surface area contributed by atoms with Gasteiger partial charge >= 0.3 is 10.1 Å². The molecule has 6 nitrogen and oxygen atoms in total. The van der Waals surface area contributed by atoms with Gasteiger partial charge in [0.2, 0.25) is 6.20 Å². The highest BCUT2D eigenvalue weighted by atomic mass is 32.2. The third kappa shape index (κ3) is 4.16. The summed E-state index contributed by atoms with van der Waals surface area (Å²) in [6.07, 6.45) is 2.11. The standard InChI is InChI=1S/C15H13NO5S/c1-12-2-8-15(9-3-12)22(19,20)21-14-6-4-13(5-7-14)10-11-16(17)18/h2-11H,1H3/b11-10+. The fraction of sp³-hybridized carbons (Fsp3) is 0.0667. The zero-order chi connectivity index (χ0) is 16.2. The number of nitro groups is 1. The van der Waals surface area contributed by atoms with Crippen molar-refractivity contribution in [3.8, 4) is 5.75 Å². The van der Waals surface area contributed by atoms with Gasteiger partial charge in [-0.15, -0.1) is 0 Å². The monoisotopic (exact) mass is 319 g/mol. The van der Waals surface area contributed by atoms with Crippen molar-refractivity contribution in [2.45, 2.75) is 11.8 Å². The average Bonchev–Trinajstić information content (AvgIpc) is 2.46. The van der Waals surface area contributed by atoms with Crippen LogP contribution in [0.15, 0.2) is 59.6 Å². The highest BCUT2D eigenvalue weighted by Crippen LogP contribution is 2.20. The van der Waals surface area contributed by atoms with Crippen LogP contribution in [-0.4, -0.2) is 13.3 Å². The molecule has 0 aromatic heterocycles. The van der Waals surface area contributed by atoms with Gasteiger partial charge in [-0.1, -0.05) is 29.8 Å². The van der Waals surface area contributed by atoms with Crippen LogP contribution in [0.5, 0.6) is 5.75 Å². The molecule has 0 unspecified atom stereocenters. The molecule has 0 bridgehead atoms. The fourth-order valence-corrected chi connectivity index (χ4v) is 2.59. The van der Waals surface area contributed by atoms with E-state index in [1.54, 1.807) is 12.1 Å². The molecule has 7 heteroatoms. The van der Waals surface area contributed by atoms with E-state index in [9.17, 15) is 18.5 Å². The lowest BCUT2D eigenvalue weighted by Gasteiger charge is -2.07. The molecule has 0 aliphatic carbocycles. The van der Waals surface area contributed by atoms with E-state index in [4.69, 9.17) is 4.18 Å². The number of hydrogen-bond donors (Lipinski definition) is 0. The van der Waals surface area contributed by atoms with Crippen molar-refractivity contribution >= 4 is 16.2 Å². The van der Waals surface area contributed by atoms with E-state index < -0.39 is 15.0 Å². The number of hydrogen-bond acceptors (Lipinski definition) is 5. The third-order valence-corrected chi connectivity index (χ3v) is 4.05. The number of aryl methyl sites for hydroxylation is 1. The molecular formula is C15H13NO5S. The maximum absolute atomic E-state index is 12.1. The van der Waals surface area contributed by atoms with Crippen molar-refractivity contribution in [2.24, 2.45) is 0 Å². The van der Waals surface area contributed by atoms with Crippen LogP contribution in [0.4, 0.5) is 0 Å². The molecule has 0 saturated carbocycles. The molecule has 2 aromatic rings. The van der Waals surface area contributed by atoms with Gasteiger partial charge in [-0.05, 0) is 36.8 Å². The van der Waals surface area contributed by atoms with Gasteiger partial charge in [-0.2, -0.15) is 8.42 Å². The maximum atomic E-state index is 12.1. The lowest BCUT2D eigenvalue weighted by atomic mass is 10.2. The Morgan fingerprint density at radius 2 is 1.64 bits per heavy atom. The molecule has 2 rings (SSSR count). The summed E-state index contributed by atoms with van der Waals surface area (Å²) in [6.45, 7) is 1.86. The Morgan fingerprint density at radius 3 is 2.18 bits per heavy atom. The van der Waals surface area contributed by atoms with Crippen LogP contribution in [-0.2, 0) is 10.1 Å². The normalized spacial score (nSPS) is 11.5.